The topological polar surface area (TPSA) is 37.3 Å². The van der Waals surface area contributed by atoms with Gasteiger partial charge < -0.3 is 14.1 Å². The van der Waals surface area contributed by atoms with Crippen molar-refractivity contribution in [2.45, 2.75) is 0 Å². The first-order chi connectivity index (χ1) is 6.12. The first-order valence-electron chi connectivity index (χ1n) is 4.78. The highest BCUT2D eigenvalue weighted by molar-refractivity contribution is 5.50. The van der Waals surface area contributed by atoms with Crippen molar-refractivity contribution in [2.24, 2.45) is 0 Å². The lowest BCUT2D eigenvalue weighted by atomic mass is 10.5. The van der Waals surface area contributed by atoms with Gasteiger partial charge in [0, 0.05) is 0 Å². The van der Waals surface area contributed by atoms with Gasteiger partial charge in [0.05, 0.1) is 48.9 Å². The quantitative estimate of drug-likeness (QED) is 0.501. The molecule has 0 saturated heterocycles. The van der Waals surface area contributed by atoms with Crippen molar-refractivity contribution in [3.8, 4) is 0 Å². The molecular formula is C10H26N2O2+2. The van der Waals surface area contributed by atoms with Crippen LogP contribution in [0.5, 0.6) is 0 Å². The molecule has 0 atom stereocenters. The summed E-state index contributed by atoms with van der Waals surface area (Å²) in [4.78, 5) is 9.80. The number of likely N-dealkylation sites (N-methyl/N-ethyl adjacent to an activating group) is 2. The first-order valence-corrected chi connectivity index (χ1v) is 4.78. The van der Waals surface area contributed by atoms with Gasteiger partial charge in [0.1, 0.15) is 13.1 Å². The van der Waals surface area contributed by atoms with Crippen LogP contribution in [0, 0.1) is 0 Å². The molecule has 0 bridgehead atoms. The smallest absolute Gasteiger partial charge is 0.174 e. The molecule has 0 aliphatic carbocycles. The van der Waals surface area contributed by atoms with E-state index in [0.717, 1.165) is 21.8 Å². The number of aliphatic hydroxyl groups excluding tert-OH is 1. The summed E-state index contributed by atoms with van der Waals surface area (Å²) in [6.07, 6.45) is 0.931. The van der Waals surface area contributed by atoms with Gasteiger partial charge in [0.2, 0.25) is 0 Å². The standard InChI is InChI=1S/C5H14NO.C5H12NO/c2*1-6(2,3)4-5-7/h7H,4-5H2,1-3H3;5H,4H2,1-3H3/q2*+1. The van der Waals surface area contributed by atoms with Gasteiger partial charge in [0.15, 0.2) is 6.29 Å². The van der Waals surface area contributed by atoms with Crippen molar-refractivity contribution in [3.63, 3.8) is 0 Å². The summed E-state index contributed by atoms with van der Waals surface area (Å²) < 4.78 is 1.57. The first kappa shape index (κ1) is 16.0. The molecular weight excluding hydrogens is 180 g/mol. The molecule has 0 aromatic rings. The maximum Gasteiger partial charge on any atom is 0.174 e. The van der Waals surface area contributed by atoms with E-state index in [1.807, 2.05) is 21.1 Å². The zero-order valence-corrected chi connectivity index (χ0v) is 10.4. The lowest BCUT2D eigenvalue weighted by Gasteiger charge is -2.21. The monoisotopic (exact) mass is 206 g/mol. The van der Waals surface area contributed by atoms with Crippen LogP contribution >= 0.6 is 0 Å². The average Bonchev–Trinajstić information content (AvgIpc) is 1.81. The maximum atomic E-state index is 9.80. The van der Waals surface area contributed by atoms with E-state index in [1.165, 1.54) is 0 Å². The Bertz CT molecular complexity index is 145. The van der Waals surface area contributed by atoms with Crippen LogP contribution in [0.2, 0.25) is 0 Å². The van der Waals surface area contributed by atoms with Crippen molar-refractivity contribution >= 4 is 6.29 Å². The number of carbonyl (C=O) groups is 1. The fourth-order valence-electron chi connectivity index (χ4n) is 0.524. The highest BCUT2D eigenvalue weighted by Gasteiger charge is 2.02. The largest absolute Gasteiger partial charge is 0.391 e. The van der Waals surface area contributed by atoms with E-state index < -0.39 is 0 Å². The van der Waals surface area contributed by atoms with E-state index in [2.05, 4.69) is 21.1 Å². The summed E-state index contributed by atoms with van der Waals surface area (Å²) in [5.74, 6) is 0. The Morgan fingerprint density at radius 2 is 1.43 bits per heavy atom. The van der Waals surface area contributed by atoms with Crippen LogP contribution in [-0.2, 0) is 4.79 Å². The third-order valence-corrected chi connectivity index (χ3v) is 1.39. The van der Waals surface area contributed by atoms with Gasteiger partial charge in [0.25, 0.3) is 0 Å². The Morgan fingerprint density at radius 1 is 1.00 bits per heavy atom. The molecule has 0 aliphatic heterocycles. The molecule has 0 unspecified atom stereocenters. The van der Waals surface area contributed by atoms with Crippen LogP contribution in [0.4, 0.5) is 0 Å². The van der Waals surface area contributed by atoms with Crippen LogP contribution in [0.15, 0.2) is 0 Å². The van der Waals surface area contributed by atoms with Gasteiger partial charge in [-0.3, -0.25) is 4.79 Å². The number of hydrogen-bond donors (Lipinski definition) is 1. The molecule has 0 fully saturated rings. The lowest BCUT2D eigenvalue weighted by Crippen LogP contribution is -2.36. The normalized spacial score (nSPS) is 11.6. The maximum absolute atomic E-state index is 9.80. The molecule has 0 saturated carbocycles. The number of hydrogen-bond acceptors (Lipinski definition) is 2. The van der Waals surface area contributed by atoms with E-state index in [4.69, 9.17) is 5.11 Å². The van der Waals surface area contributed by atoms with Crippen LogP contribution < -0.4 is 0 Å². The Hall–Kier alpha value is -0.450. The van der Waals surface area contributed by atoms with Crippen molar-refractivity contribution in [3.05, 3.63) is 0 Å². The highest BCUT2D eigenvalue weighted by atomic mass is 16.3. The summed E-state index contributed by atoms with van der Waals surface area (Å²) in [6, 6.07) is 0. The molecule has 4 heteroatoms. The summed E-state index contributed by atoms with van der Waals surface area (Å²) in [6.45, 7) is 1.71. The molecule has 14 heavy (non-hydrogen) atoms. The SMILES string of the molecule is C[N+](C)(C)CC=O.C[N+](C)(C)CCO. The number of carbonyl (C=O) groups excluding carboxylic acids is 1. The zero-order chi connectivity index (χ0) is 11.8. The Labute approximate surface area is 87.9 Å². The van der Waals surface area contributed by atoms with Gasteiger partial charge in [-0.15, -0.1) is 0 Å². The van der Waals surface area contributed by atoms with E-state index in [1.54, 1.807) is 0 Å². The van der Waals surface area contributed by atoms with Gasteiger partial charge in [-0.25, -0.2) is 0 Å². The van der Waals surface area contributed by atoms with Gasteiger partial charge in [-0.2, -0.15) is 0 Å². The summed E-state index contributed by atoms with van der Waals surface area (Å²) in [5.41, 5.74) is 0. The molecule has 1 N–H and O–H groups in total. The zero-order valence-electron chi connectivity index (χ0n) is 10.4. The average molecular weight is 206 g/mol. The number of aldehydes is 1. The second kappa shape index (κ2) is 6.92. The van der Waals surface area contributed by atoms with Crippen LogP contribution in [0.25, 0.3) is 0 Å². The number of quaternary nitrogens is 2. The predicted molar refractivity (Wildman–Crippen MR) is 58.9 cm³/mol. The minimum atomic E-state index is 0.281. The fraction of sp³-hybridized carbons (Fsp3) is 0.900. The van der Waals surface area contributed by atoms with Crippen molar-refractivity contribution in [1.82, 2.24) is 0 Å². The molecule has 0 radical (unpaired) electrons. The molecule has 0 rings (SSSR count). The Kier molecular flexibility index (Phi) is 7.91. The van der Waals surface area contributed by atoms with Crippen molar-refractivity contribution in [1.29, 1.82) is 0 Å². The predicted octanol–water partition coefficient (Wildman–Crippen LogP) is -0.424. The van der Waals surface area contributed by atoms with Gasteiger partial charge in [-0.1, -0.05) is 0 Å². The second-order valence-electron chi connectivity index (χ2n) is 5.38. The molecule has 0 amide bonds. The second-order valence-corrected chi connectivity index (χ2v) is 5.38. The third kappa shape index (κ3) is 22.6. The van der Waals surface area contributed by atoms with Crippen molar-refractivity contribution in [2.75, 3.05) is 62.0 Å². The van der Waals surface area contributed by atoms with Crippen LogP contribution in [-0.4, -0.2) is 82.3 Å². The lowest BCUT2D eigenvalue weighted by molar-refractivity contribution is -0.870. The Morgan fingerprint density at radius 3 is 1.43 bits per heavy atom. The van der Waals surface area contributed by atoms with Gasteiger partial charge in [-0.05, 0) is 0 Å². The van der Waals surface area contributed by atoms with Crippen LogP contribution in [0.1, 0.15) is 0 Å². The fourth-order valence-corrected chi connectivity index (χ4v) is 0.524. The summed E-state index contributed by atoms with van der Waals surface area (Å²) >= 11 is 0. The molecule has 0 spiro atoms. The summed E-state index contributed by atoms with van der Waals surface area (Å²) in [7, 11) is 12.1. The van der Waals surface area contributed by atoms with E-state index in [-0.39, 0.29) is 6.61 Å². The molecule has 0 aromatic heterocycles. The van der Waals surface area contributed by atoms with E-state index >= 15 is 0 Å². The molecule has 0 aliphatic rings. The molecule has 4 nitrogen and oxygen atoms in total. The minimum absolute atomic E-state index is 0.281. The number of nitrogens with zero attached hydrogens (tertiary/aromatic N) is 2. The molecule has 0 heterocycles. The third-order valence-electron chi connectivity index (χ3n) is 1.39. The van der Waals surface area contributed by atoms with Crippen molar-refractivity contribution < 1.29 is 18.9 Å². The minimum Gasteiger partial charge on any atom is -0.391 e. The highest BCUT2D eigenvalue weighted by Crippen LogP contribution is 1.84. The number of rotatable bonds is 4. The van der Waals surface area contributed by atoms with E-state index in [9.17, 15) is 4.79 Å². The molecule has 0 aromatic carbocycles. The van der Waals surface area contributed by atoms with Gasteiger partial charge >= 0.3 is 0 Å². The molecule has 86 valence electrons. The Balaban J connectivity index is 0. The van der Waals surface area contributed by atoms with E-state index in [0.29, 0.717) is 6.54 Å². The number of aliphatic hydroxyl groups is 1. The summed E-state index contributed by atoms with van der Waals surface area (Å²) in [5, 5.41) is 8.39. The van der Waals surface area contributed by atoms with Crippen LogP contribution in [0.3, 0.4) is 0 Å².